The summed E-state index contributed by atoms with van der Waals surface area (Å²) in [6.07, 6.45) is -1.06. The number of aliphatic hydroxyl groups excluding tert-OH is 2. The molecule has 0 aromatic heterocycles. The molecule has 0 saturated carbocycles. The van der Waals surface area contributed by atoms with Gasteiger partial charge in [0.15, 0.2) is 11.5 Å². The van der Waals surface area contributed by atoms with Crippen molar-refractivity contribution in [3.8, 4) is 11.5 Å². The Morgan fingerprint density at radius 2 is 1.05 bits per heavy atom. The highest BCUT2D eigenvalue weighted by atomic mass is 35.5. The maximum absolute atomic E-state index is 13.4. The largest absolute Gasteiger partial charge is 0.506 e. The van der Waals surface area contributed by atoms with Crippen molar-refractivity contribution in [2.75, 3.05) is 14.2 Å². The van der Waals surface area contributed by atoms with Crippen LogP contribution in [0.2, 0.25) is 10.0 Å². The van der Waals surface area contributed by atoms with Crippen molar-refractivity contribution in [1.82, 2.24) is 0 Å². The number of carbonyl (C=O) groups excluding carboxylic acids is 4. The molecule has 0 fully saturated rings. The third-order valence-corrected chi connectivity index (χ3v) is 6.68. The van der Waals surface area contributed by atoms with Crippen molar-refractivity contribution < 1.29 is 49.1 Å². The van der Waals surface area contributed by atoms with Crippen molar-refractivity contribution in [1.29, 1.82) is 0 Å². The molecule has 200 valence electrons. The van der Waals surface area contributed by atoms with Crippen molar-refractivity contribution >= 4 is 46.7 Å². The van der Waals surface area contributed by atoms with Gasteiger partial charge in [0.2, 0.25) is 11.6 Å². The summed E-state index contributed by atoms with van der Waals surface area (Å²) in [5.41, 5.74) is -0.893. The first-order valence-corrected chi connectivity index (χ1v) is 11.7. The first-order chi connectivity index (χ1) is 17.9. The molecule has 10 nitrogen and oxygen atoms in total. The van der Waals surface area contributed by atoms with E-state index in [1.165, 1.54) is 36.4 Å². The predicted molar refractivity (Wildman–Crippen MR) is 134 cm³/mol. The fraction of sp³-hybridized carbons (Fsp3) is 0.231. The van der Waals surface area contributed by atoms with Gasteiger partial charge in [0.05, 0.1) is 48.3 Å². The fourth-order valence-corrected chi connectivity index (χ4v) is 4.49. The van der Waals surface area contributed by atoms with Crippen molar-refractivity contribution in [2.45, 2.75) is 24.7 Å². The van der Waals surface area contributed by atoms with Crippen LogP contribution in [0.25, 0.3) is 0 Å². The molecular weight excluding hydrogens is 543 g/mol. The second-order valence-electron chi connectivity index (χ2n) is 8.27. The van der Waals surface area contributed by atoms with Crippen LogP contribution in [0.1, 0.15) is 35.8 Å². The summed E-state index contributed by atoms with van der Waals surface area (Å²) in [6.45, 7) is 0. The molecule has 0 spiro atoms. The SMILES string of the molecule is COC(=O)CC(C1=C(O)C(=O)C(C(CC(=O)OC)c2ccc(O)c(Cl)c2)=C(O)C1=O)c1ccc(O)c(Cl)c1. The molecule has 1 aliphatic rings. The molecule has 12 heteroatoms. The van der Waals surface area contributed by atoms with E-state index >= 15 is 0 Å². The number of benzene rings is 2. The minimum Gasteiger partial charge on any atom is -0.506 e. The first kappa shape index (κ1) is 28.5. The molecule has 2 aromatic rings. The van der Waals surface area contributed by atoms with E-state index in [1.807, 2.05) is 0 Å². The van der Waals surface area contributed by atoms with Crippen LogP contribution < -0.4 is 0 Å². The van der Waals surface area contributed by atoms with Gasteiger partial charge in [-0.3, -0.25) is 19.2 Å². The van der Waals surface area contributed by atoms with Gasteiger partial charge in [0.1, 0.15) is 11.5 Å². The van der Waals surface area contributed by atoms with E-state index in [1.54, 1.807) is 0 Å². The van der Waals surface area contributed by atoms with E-state index in [4.69, 9.17) is 23.2 Å². The Bertz CT molecular complexity index is 1290. The van der Waals surface area contributed by atoms with Crippen LogP contribution in [-0.2, 0) is 28.7 Å². The quantitative estimate of drug-likeness (QED) is 0.269. The number of methoxy groups -OCH3 is 2. The third kappa shape index (κ3) is 5.61. The minimum atomic E-state index is -1.30. The van der Waals surface area contributed by atoms with Crippen LogP contribution in [0, 0.1) is 0 Å². The smallest absolute Gasteiger partial charge is 0.306 e. The molecule has 2 atom stereocenters. The van der Waals surface area contributed by atoms with Crippen LogP contribution in [0.3, 0.4) is 0 Å². The molecule has 0 aliphatic heterocycles. The van der Waals surface area contributed by atoms with Gasteiger partial charge in [0, 0.05) is 11.8 Å². The number of ketones is 2. The van der Waals surface area contributed by atoms with Gasteiger partial charge in [-0.2, -0.15) is 0 Å². The van der Waals surface area contributed by atoms with E-state index in [-0.39, 0.29) is 32.7 Å². The number of esters is 2. The second-order valence-corrected chi connectivity index (χ2v) is 9.08. The number of halogens is 2. The van der Waals surface area contributed by atoms with Gasteiger partial charge in [-0.1, -0.05) is 35.3 Å². The Morgan fingerprint density at radius 1 is 0.711 bits per heavy atom. The number of allylic oxidation sites excluding steroid dienone is 2. The highest BCUT2D eigenvalue weighted by Crippen LogP contribution is 2.42. The molecule has 2 aromatic carbocycles. The van der Waals surface area contributed by atoms with Crippen LogP contribution >= 0.6 is 23.2 Å². The van der Waals surface area contributed by atoms with Crippen molar-refractivity contribution in [2.24, 2.45) is 0 Å². The maximum atomic E-state index is 13.4. The molecule has 0 bridgehead atoms. The van der Waals surface area contributed by atoms with Crippen molar-refractivity contribution in [3.63, 3.8) is 0 Å². The van der Waals surface area contributed by atoms with E-state index in [0.717, 1.165) is 14.2 Å². The van der Waals surface area contributed by atoms with Crippen LogP contribution in [0.5, 0.6) is 11.5 Å². The zero-order valence-electron chi connectivity index (χ0n) is 20.0. The average molecular weight is 565 g/mol. The summed E-state index contributed by atoms with van der Waals surface area (Å²) in [7, 11) is 2.20. The molecule has 1 aliphatic carbocycles. The summed E-state index contributed by atoms with van der Waals surface area (Å²) in [5.74, 6) is -9.32. The molecule has 3 rings (SSSR count). The van der Waals surface area contributed by atoms with Crippen LogP contribution in [0.4, 0.5) is 0 Å². The Morgan fingerprint density at radius 3 is 1.34 bits per heavy atom. The number of hydrogen-bond acceptors (Lipinski definition) is 10. The zero-order chi connectivity index (χ0) is 28.3. The highest BCUT2D eigenvalue weighted by molar-refractivity contribution is 6.32. The molecular formula is C26H22Cl2O10. The number of hydrogen-bond donors (Lipinski definition) is 4. The molecule has 4 N–H and O–H groups in total. The summed E-state index contributed by atoms with van der Waals surface area (Å²) in [6, 6.07) is 7.49. The molecule has 0 heterocycles. The molecule has 0 saturated heterocycles. The summed E-state index contributed by atoms with van der Waals surface area (Å²) in [5, 5.41) is 41.2. The lowest BCUT2D eigenvalue weighted by atomic mass is 9.76. The van der Waals surface area contributed by atoms with E-state index in [9.17, 15) is 39.6 Å². The van der Waals surface area contributed by atoms with Crippen LogP contribution in [0.15, 0.2) is 59.1 Å². The predicted octanol–water partition coefficient (Wildman–Crippen LogP) is 4.17. The molecule has 38 heavy (non-hydrogen) atoms. The summed E-state index contributed by atoms with van der Waals surface area (Å²) < 4.78 is 9.37. The lowest BCUT2D eigenvalue weighted by Crippen LogP contribution is -2.31. The fourth-order valence-electron chi connectivity index (χ4n) is 4.11. The van der Waals surface area contributed by atoms with Gasteiger partial charge in [-0.15, -0.1) is 0 Å². The normalized spacial score (nSPS) is 15.4. The van der Waals surface area contributed by atoms with Crippen LogP contribution in [-0.4, -0.2) is 58.2 Å². The standard InChI is InChI=1S/C26H22Cl2O10/c1-37-19(31)9-13(11-3-5-17(29)15(27)7-11)21-23(33)25(35)22(26(36)24(21)34)14(10-20(32)38-2)12-4-6-18(30)16(28)8-12/h3-8,13-14,29-30,33,36H,9-10H2,1-2H3. The molecule has 2 unspecified atom stereocenters. The minimum absolute atomic E-state index is 0.130. The highest BCUT2D eigenvalue weighted by Gasteiger charge is 2.43. The number of phenols is 2. The van der Waals surface area contributed by atoms with Gasteiger partial charge in [0.25, 0.3) is 0 Å². The number of aromatic hydroxyl groups is 2. The topological polar surface area (TPSA) is 168 Å². The average Bonchev–Trinajstić information content (AvgIpc) is 2.89. The summed E-state index contributed by atoms with van der Waals surface area (Å²) in [4.78, 5) is 51.2. The first-order valence-electron chi connectivity index (χ1n) is 11.0. The molecule has 0 amide bonds. The molecule has 0 radical (unpaired) electrons. The lowest BCUT2D eigenvalue weighted by molar-refractivity contribution is -0.142. The Balaban J connectivity index is 2.18. The number of aliphatic hydroxyl groups is 2. The monoisotopic (exact) mass is 564 g/mol. The van der Waals surface area contributed by atoms with E-state index < -0.39 is 70.8 Å². The zero-order valence-corrected chi connectivity index (χ0v) is 21.5. The van der Waals surface area contributed by atoms with Crippen molar-refractivity contribution in [3.05, 3.63) is 80.2 Å². The number of rotatable bonds is 8. The Hall–Kier alpha value is -4.02. The van der Waals surface area contributed by atoms with Gasteiger partial charge in [-0.25, -0.2) is 0 Å². The Labute approximate surface area is 226 Å². The third-order valence-electron chi connectivity index (χ3n) is 6.07. The number of Topliss-reactive ketones (excluding diaryl/α,β-unsaturated/α-hetero) is 2. The maximum Gasteiger partial charge on any atom is 0.306 e. The lowest BCUT2D eigenvalue weighted by Gasteiger charge is -2.27. The van der Waals surface area contributed by atoms with Gasteiger partial charge >= 0.3 is 11.9 Å². The number of ether oxygens (including phenoxy) is 2. The number of phenolic OH excluding ortho intramolecular Hbond substituents is 2. The second kappa shape index (κ2) is 11.6. The Kier molecular flexibility index (Phi) is 8.70. The summed E-state index contributed by atoms with van der Waals surface area (Å²) >= 11 is 12.0. The van der Waals surface area contributed by atoms with Gasteiger partial charge < -0.3 is 29.9 Å². The number of carbonyl (C=O) groups is 4. The van der Waals surface area contributed by atoms with E-state index in [0.29, 0.717) is 0 Å². The van der Waals surface area contributed by atoms with E-state index in [2.05, 4.69) is 9.47 Å². The van der Waals surface area contributed by atoms with Gasteiger partial charge in [-0.05, 0) is 35.4 Å².